The molecule has 0 N–H and O–H groups in total. The van der Waals surface area contributed by atoms with Gasteiger partial charge in [0.15, 0.2) is 0 Å². The number of carbonyl (C=O) groups excluding carboxylic acids is 1. The standard InChI is InChI=1S/C18H17NO2/c1-12-6-8-13(9-7-12)17-16-5-3-2-4-14(16)10-15-11-21-18(20)19(15)17/h2-9,15,17H,10-11H2,1H3/t15-,17+/m0/s1. The Labute approximate surface area is 124 Å². The van der Waals surface area contributed by atoms with Crippen molar-refractivity contribution in [1.82, 2.24) is 4.90 Å². The van der Waals surface area contributed by atoms with E-state index in [9.17, 15) is 4.79 Å². The molecule has 0 aliphatic carbocycles. The maximum atomic E-state index is 12.2. The average molecular weight is 279 g/mol. The predicted molar refractivity (Wildman–Crippen MR) is 80.1 cm³/mol. The molecule has 2 aromatic carbocycles. The van der Waals surface area contributed by atoms with Crippen LogP contribution >= 0.6 is 0 Å². The lowest BCUT2D eigenvalue weighted by atomic mass is 9.85. The average Bonchev–Trinajstić information content (AvgIpc) is 2.87. The Kier molecular flexibility index (Phi) is 2.74. The van der Waals surface area contributed by atoms with Crippen molar-refractivity contribution in [3.8, 4) is 0 Å². The summed E-state index contributed by atoms with van der Waals surface area (Å²) in [6, 6.07) is 17.0. The van der Waals surface area contributed by atoms with Gasteiger partial charge in [-0.05, 0) is 30.0 Å². The molecule has 3 heteroatoms. The summed E-state index contributed by atoms with van der Waals surface area (Å²) < 4.78 is 5.29. The molecule has 2 aromatic rings. The van der Waals surface area contributed by atoms with Crippen molar-refractivity contribution < 1.29 is 9.53 Å². The summed E-state index contributed by atoms with van der Waals surface area (Å²) in [5.74, 6) is 0. The van der Waals surface area contributed by atoms with E-state index in [2.05, 4.69) is 49.4 Å². The van der Waals surface area contributed by atoms with E-state index in [-0.39, 0.29) is 18.2 Å². The molecule has 2 heterocycles. The highest BCUT2D eigenvalue weighted by Gasteiger charge is 2.43. The monoisotopic (exact) mass is 279 g/mol. The Morgan fingerprint density at radius 2 is 1.86 bits per heavy atom. The molecule has 0 bridgehead atoms. The smallest absolute Gasteiger partial charge is 0.411 e. The first-order valence-electron chi connectivity index (χ1n) is 7.33. The number of carbonyl (C=O) groups is 1. The van der Waals surface area contributed by atoms with Crippen LogP contribution in [0.3, 0.4) is 0 Å². The second-order valence-electron chi connectivity index (χ2n) is 5.85. The van der Waals surface area contributed by atoms with Gasteiger partial charge in [-0.25, -0.2) is 4.79 Å². The number of cyclic esters (lactones) is 1. The van der Waals surface area contributed by atoms with E-state index in [1.165, 1.54) is 16.7 Å². The molecule has 0 radical (unpaired) electrons. The van der Waals surface area contributed by atoms with Crippen LogP contribution in [0.25, 0.3) is 0 Å². The Hall–Kier alpha value is -2.29. The zero-order valence-corrected chi connectivity index (χ0v) is 12.0. The van der Waals surface area contributed by atoms with Gasteiger partial charge in [0.25, 0.3) is 0 Å². The number of hydrogen-bond acceptors (Lipinski definition) is 2. The van der Waals surface area contributed by atoms with Crippen LogP contribution < -0.4 is 0 Å². The molecular formula is C18H17NO2. The third kappa shape index (κ3) is 1.92. The van der Waals surface area contributed by atoms with Gasteiger partial charge in [0.05, 0.1) is 12.1 Å². The van der Waals surface area contributed by atoms with Gasteiger partial charge < -0.3 is 4.74 Å². The molecule has 0 saturated carbocycles. The highest BCUT2D eigenvalue weighted by atomic mass is 16.6. The number of rotatable bonds is 1. The topological polar surface area (TPSA) is 29.5 Å². The van der Waals surface area contributed by atoms with Gasteiger partial charge in [-0.2, -0.15) is 0 Å². The molecule has 4 rings (SSSR count). The van der Waals surface area contributed by atoms with E-state index >= 15 is 0 Å². The van der Waals surface area contributed by atoms with E-state index in [0.29, 0.717) is 6.61 Å². The first-order valence-corrected chi connectivity index (χ1v) is 7.33. The Bertz CT molecular complexity index is 693. The summed E-state index contributed by atoms with van der Waals surface area (Å²) in [4.78, 5) is 14.1. The van der Waals surface area contributed by atoms with Gasteiger partial charge in [0.1, 0.15) is 6.61 Å². The van der Waals surface area contributed by atoms with Crippen molar-refractivity contribution in [2.45, 2.75) is 25.4 Å². The number of nitrogens with zero attached hydrogens (tertiary/aromatic N) is 1. The van der Waals surface area contributed by atoms with E-state index in [1.54, 1.807) is 0 Å². The fraction of sp³-hybridized carbons (Fsp3) is 0.278. The maximum absolute atomic E-state index is 12.2. The van der Waals surface area contributed by atoms with Crippen molar-refractivity contribution in [2.75, 3.05) is 6.61 Å². The summed E-state index contributed by atoms with van der Waals surface area (Å²) in [7, 11) is 0. The maximum Gasteiger partial charge on any atom is 0.411 e. The van der Waals surface area contributed by atoms with Gasteiger partial charge in [-0.3, -0.25) is 4.90 Å². The Balaban J connectivity index is 1.88. The normalized spacial score (nSPS) is 23.5. The van der Waals surface area contributed by atoms with Crippen LogP contribution in [0, 0.1) is 6.92 Å². The lowest BCUT2D eigenvalue weighted by molar-refractivity contribution is 0.148. The van der Waals surface area contributed by atoms with Crippen molar-refractivity contribution >= 4 is 6.09 Å². The number of hydrogen-bond donors (Lipinski definition) is 0. The molecule has 0 aromatic heterocycles. The molecule has 1 saturated heterocycles. The van der Waals surface area contributed by atoms with Crippen LogP contribution in [0.1, 0.15) is 28.3 Å². The minimum absolute atomic E-state index is 0.0319. The van der Waals surface area contributed by atoms with Crippen LogP contribution in [-0.4, -0.2) is 23.6 Å². The zero-order valence-electron chi connectivity index (χ0n) is 12.0. The minimum atomic E-state index is -0.194. The second kappa shape index (κ2) is 4.62. The second-order valence-corrected chi connectivity index (χ2v) is 5.85. The van der Waals surface area contributed by atoms with Crippen molar-refractivity contribution in [3.05, 3.63) is 70.8 Å². The number of aryl methyl sites for hydroxylation is 1. The van der Waals surface area contributed by atoms with Crippen molar-refractivity contribution in [2.24, 2.45) is 0 Å². The van der Waals surface area contributed by atoms with Crippen LogP contribution in [0.2, 0.25) is 0 Å². The molecule has 1 amide bonds. The van der Waals surface area contributed by atoms with E-state index in [0.717, 1.165) is 12.0 Å². The number of fused-ring (bicyclic) bond motifs is 2. The lowest BCUT2D eigenvalue weighted by Crippen LogP contribution is -2.42. The fourth-order valence-corrected chi connectivity index (χ4v) is 3.42. The summed E-state index contributed by atoms with van der Waals surface area (Å²) in [6.07, 6.45) is 0.685. The molecule has 3 nitrogen and oxygen atoms in total. The molecule has 2 atom stereocenters. The zero-order chi connectivity index (χ0) is 14.4. The largest absolute Gasteiger partial charge is 0.447 e. The Morgan fingerprint density at radius 3 is 2.67 bits per heavy atom. The van der Waals surface area contributed by atoms with Crippen molar-refractivity contribution in [3.63, 3.8) is 0 Å². The molecule has 106 valence electrons. The van der Waals surface area contributed by atoms with Gasteiger partial charge in [0, 0.05) is 0 Å². The summed E-state index contributed by atoms with van der Waals surface area (Å²) in [6.45, 7) is 2.57. The van der Waals surface area contributed by atoms with E-state index in [4.69, 9.17) is 4.74 Å². The highest BCUT2D eigenvalue weighted by molar-refractivity contribution is 5.72. The third-order valence-corrected chi connectivity index (χ3v) is 4.48. The third-order valence-electron chi connectivity index (χ3n) is 4.48. The molecule has 0 spiro atoms. The Morgan fingerprint density at radius 1 is 1.10 bits per heavy atom. The number of ether oxygens (including phenoxy) is 1. The van der Waals surface area contributed by atoms with Crippen LogP contribution in [0.5, 0.6) is 0 Å². The fourth-order valence-electron chi connectivity index (χ4n) is 3.42. The summed E-state index contributed by atoms with van der Waals surface area (Å²) in [5, 5.41) is 0. The quantitative estimate of drug-likeness (QED) is 0.800. The minimum Gasteiger partial charge on any atom is -0.447 e. The van der Waals surface area contributed by atoms with E-state index in [1.807, 2.05) is 11.0 Å². The highest BCUT2D eigenvalue weighted by Crippen LogP contribution is 2.40. The van der Waals surface area contributed by atoms with Gasteiger partial charge in [-0.1, -0.05) is 54.1 Å². The molecule has 2 aliphatic heterocycles. The van der Waals surface area contributed by atoms with Crippen LogP contribution in [0.15, 0.2) is 48.5 Å². The first kappa shape index (κ1) is 12.5. The van der Waals surface area contributed by atoms with E-state index < -0.39 is 0 Å². The number of benzene rings is 2. The molecular weight excluding hydrogens is 262 g/mol. The van der Waals surface area contributed by atoms with Crippen LogP contribution in [0.4, 0.5) is 4.79 Å². The molecule has 2 aliphatic rings. The first-order chi connectivity index (χ1) is 10.2. The SMILES string of the molecule is Cc1ccc([C@@H]2c3ccccc3C[C@H]3COC(=O)N32)cc1. The summed E-state index contributed by atoms with van der Waals surface area (Å²) in [5.41, 5.74) is 4.92. The molecule has 0 unspecified atom stereocenters. The van der Waals surface area contributed by atoms with Gasteiger partial charge in [0.2, 0.25) is 0 Å². The lowest BCUT2D eigenvalue weighted by Gasteiger charge is -2.37. The molecule has 1 fully saturated rings. The van der Waals surface area contributed by atoms with Crippen LogP contribution in [-0.2, 0) is 11.2 Å². The number of amides is 1. The molecule has 21 heavy (non-hydrogen) atoms. The summed E-state index contributed by atoms with van der Waals surface area (Å²) >= 11 is 0. The van der Waals surface area contributed by atoms with Gasteiger partial charge in [-0.15, -0.1) is 0 Å². The predicted octanol–water partition coefficient (Wildman–Crippen LogP) is 3.46. The van der Waals surface area contributed by atoms with Crippen molar-refractivity contribution in [1.29, 1.82) is 0 Å². The van der Waals surface area contributed by atoms with Gasteiger partial charge >= 0.3 is 6.09 Å².